The number of anilines is 1. The van der Waals surface area contributed by atoms with Gasteiger partial charge in [0.15, 0.2) is 0 Å². The van der Waals surface area contributed by atoms with Crippen LogP contribution in [0.1, 0.15) is 19.3 Å². The van der Waals surface area contributed by atoms with E-state index in [1.807, 2.05) is 11.8 Å². The number of carbonyl (C=O) groups is 1. The van der Waals surface area contributed by atoms with Crippen molar-refractivity contribution in [1.29, 1.82) is 0 Å². The van der Waals surface area contributed by atoms with Crippen molar-refractivity contribution in [1.82, 2.24) is 15.1 Å². The molecule has 0 spiro atoms. The molecule has 94 valence electrons. The third-order valence-corrected chi connectivity index (χ3v) is 4.69. The smallest absolute Gasteiger partial charge is 0.241 e. The van der Waals surface area contributed by atoms with Crippen molar-refractivity contribution >= 4 is 23.5 Å². The zero-order chi connectivity index (χ0) is 12.3. The summed E-state index contributed by atoms with van der Waals surface area (Å²) in [6.07, 6.45) is 7.49. The molecule has 1 aromatic rings. The van der Waals surface area contributed by atoms with Crippen LogP contribution in [0.5, 0.6) is 0 Å². The molecule has 1 fully saturated rings. The van der Waals surface area contributed by atoms with Crippen LogP contribution in [-0.2, 0) is 11.3 Å². The lowest BCUT2D eigenvalue weighted by Crippen LogP contribution is -2.45. The van der Waals surface area contributed by atoms with Crippen LogP contribution in [0.15, 0.2) is 12.3 Å². The highest BCUT2D eigenvalue weighted by Gasteiger charge is 2.36. The Bertz CT molecular complexity index is 394. The summed E-state index contributed by atoms with van der Waals surface area (Å²) in [4.78, 5) is 11.7. The number of amides is 1. The van der Waals surface area contributed by atoms with Crippen LogP contribution in [0.3, 0.4) is 0 Å². The normalized spacial score (nSPS) is 17.5. The second-order valence-corrected chi connectivity index (χ2v) is 5.73. The van der Waals surface area contributed by atoms with Crippen molar-refractivity contribution < 1.29 is 4.79 Å². The summed E-state index contributed by atoms with van der Waals surface area (Å²) in [5, 5.41) is 6.95. The van der Waals surface area contributed by atoms with Crippen molar-refractivity contribution in [2.75, 3.05) is 18.5 Å². The Morgan fingerprint density at radius 2 is 2.47 bits per heavy atom. The number of carbonyl (C=O) groups excluding carboxylic acids is 1. The standard InChI is InChI=1S/C11H18N4OS/c1-17-11(4-2-5-11)8-13-10(16)7-15-6-3-9(12)14-15/h3,6H,2,4-5,7-8H2,1H3,(H2,12,14)(H,13,16). The van der Waals surface area contributed by atoms with E-state index in [9.17, 15) is 4.79 Å². The fraction of sp³-hybridized carbons (Fsp3) is 0.636. The summed E-state index contributed by atoms with van der Waals surface area (Å²) in [6.45, 7) is 0.991. The summed E-state index contributed by atoms with van der Waals surface area (Å²) in [6, 6.07) is 1.68. The highest BCUT2D eigenvalue weighted by atomic mass is 32.2. The van der Waals surface area contributed by atoms with Crippen LogP contribution in [0.25, 0.3) is 0 Å². The number of thioether (sulfide) groups is 1. The number of aromatic nitrogens is 2. The summed E-state index contributed by atoms with van der Waals surface area (Å²) >= 11 is 1.85. The first-order valence-electron chi connectivity index (χ1n) is 5.74. The van der Waals surface area contributed by atoms with Crippen LogP contribution < -0.4 is 11.1 Å². The zero-order valence-corrected chi connectivity index (χ0v) is 10.8. The van der Waals surface area contributed by atoms with Gasteiger partial charge in [-0.15, -0.1) is 0 Å². The van der Waals surface area contributed by atoms with Gasteiger partial charge in [0.05, 0.1) is 0 Å². The molecule has 1 aliphatic rings. The molecule has 5 nitrogen and oxygen atoms in total. The number of hydrogen-bond acceptors (Lipinski definition) is 4. The molecular formula is C11H18N4OS. The molecule has 1 heterocycles. The number of rotatable bonds is 5. The molecule has 0 saturated heterocycles. The number of nitrogens with zero attached hydrogens (tertiary/aromatic N) is 2. The van der Waals surface area contributed by atoms with Gasteiger partial charge in [0.1, 0.15) is 12.4 Å². The number of hydrogen-bond donors (Lipinski definition) is 2. The van der Waals surface area contributed by atoms with E-state index in [-0.39, 0.29) is 17.2 Å². The van der Waals surface area contributed by atoms with Crippen LogP contribution in [0.2, 0.25) is 0 Å². The van der Waals surface area contributed by atoms with Crippen LogP contribution in [0, 0.1) is 0 Å². The van der Waals surface area contributed by atoms with Gasteiger partial charge in [0.2, 0.25) is 5.91 Å². The van der Waals surface area contributed by atoms with Crippen LogP contribution in [-0.4, -0.2) is 33.2 Å². The van der Waals surface area contributed by atoms with Gasteiger partial charge >= 0.3 is 0 Å². The van der Waals surface area contributed by atoms with Crippen LogP contribution >= 0.6 is 11.8 Å². The molecule has 0 radical (unpaired) electrons. The first kappa shape index (κ1) is 12.3. The van der Waals surface area contributed by atoms with E-state index >= 15 is 0 Å². The second-order valence-electron chi connectivity index (χ2n) is 4.46. The van der Waals surface area contributed by atoms with Crippen molar-refractivity contribution in [3.8, 4) is 0 Å². The maximum absolute atomic E-state index is 11.7. The molecular weight excluding hydrogens is 236 g/mol. The molecule has 3 N–H and O–H groups in total. The van der Waals surface area contributed by atoms with Crippen molar-refractivity contribution in [3.05, 3.63) is 12.3 Å². The fourth-order valence-corrected chi connectivity index (χ4v) is 2.87. The van der Waals surface area contributed by atoms with Crippen molar-refractivity contribution in [2.45, 2.75) is 30.6 Å². The van der Waals surface area contributed by atoms with Crippen molar-refractivity contribution in [2.24, 2.45) is 0 Å². The minimum absolute atomic E-state index is 0.00609. The monoisotopic (exact) mass is 254 g/mol. The lowest BCUT2D eigenvalue weighted by Gasteiger charge is -2.40. The van der Waals surface area contributed by atoms with Gasteiger partial charge in [0, 0.05) is 17.5 Å². The summed E-state index contributed by atoms with van der Waals surface area (Å²) < 4.78 is 1.83. The van der Waals surface area contributed by atoms with Crippen LogP contribution in [0.4, 0.5) is 5.82 Å². The maximum Gasteiger partial charge on any atom is 0.241 e. The van der Waals surface area contributed by atoms with E-state index in [2.05, 4.69) is 16.7 Å². The first-order valence-corrected chi connectivity index (χ1v) is 6.97. The summed E-state index contributed by atoms with van der Waals surface area (Å²) in [7, 11) is 0. The topological polar surface area (TPSA) is 72.9 Å². The average molecular weight is 254 g/mol. The minimum atomic E-state index is -0.00609. The summed E-state index contributed by atoms with van der Waals surface area (Å²) in [5.74, 6) is 0.436. The van der Waals surface area contributed by atoms with Gasteiger partial charge < -0.3 is 11.1 Å². The maximum atomic E-state index is 11.7. The molecule has 1 amide bonds. The molecule has 1 aliphatic carbocycles. The third kappa shape index (κ3) is 2.94. The molecule has 1 aromatic heterocycles. The molecule has 0 aromatic carbocycles. The van der Waals surface area contributed by atoms with Gasteiger partial charge in [-0.1, -0.05) is 6.42 Å². The van der Waals surface area contributed by atoms with E-state index in [1.165, 1.54) is 19.3 Å². The molecule has 0 aliphatic heterocycles. The lowest BCUT2D eigenvalue weighted by molar-refractivity contribution is -0.122. The van der Waals surface area contributed by atoms with Crippen molar-refractivity contribution in [3.63, 3.8) is 0 Å². The highest BCUT2D eigenvalue weighted by molar-refractivity contribution is 8.00. The zero-order valence-electron chi connectivity index (χ0n) is 9.98. The minimum Gasteiger partial charge on any atom is -0.382 e. The van der Waals surface area contributed by atoms with E-state index < -0.39 is 0 Å². The molecule has 0 unspecified atom stereocenters. The molecule has 17 heavy (non-hydrogen) atoms. The van der Waals surface area contributed by atoms with E-state index in [0.717, 1.165) is 6.54 Å². The Kier molecular flexibility index (Phi) is 3.61. The molecule has 6 heteroatoms. The number of nitrogen functional groups attached to an aromatic ring is 1. The average Bonchev–Trinajstić information content (AvgIpc) is 2.63. The Hall–Kier alpha value is -1.17. The number of nitrogens with two attached hydrogens (primary N) is 1. The SMILES string of the molecule is CSC1(CNC(=O)Cn2ccc(N)n2)CCC1. The predicted octanol–water partition coefficient (Wildman–Crippen LogP) is 0.867. The highest BCUT2D eigenvalue weighted by Crippen LogP contribution is 2.42. The van der Waals surface area contributed by atoms with Gasteiger partial charge in [-0.3, -0.25) is 9.48 Å². The molecule has 0 bridgehead atoms. The van der Waals surface area contributed by atoms with Gasteiger partial charge in [0.25, 0.3) is 0 Å². The Balaban J connectivity index is 1.78. The second kappa shape index (κ2) is 5.00. The van der Waals surface area contributed by atoms with E-state index in [1.54, 1.807) is 16.9 Å². The quantitative estimate of drug-likeness (QED) is 0.817. The molecule has 0 atom stereocenters. The third-order valence-electron chi connectivity index (χ3n) is 3.27. The van der Waals surface area contributed by atoms with E-state index in [0.29, 0.717) is 5.82 Å². The van der Waals surface area contributed by atoms with Gasteiger partial charge in [-0.2, -0.15) is 16.9 Å². The van der Waals surface area contributed by atoms with Gasteiger partial charge in [-0.25, -0.2) is 0 Å². The van der Waals surface area contributed by atoms with E-state index in [4.69, 9.17) is 5.73 Å². The first-order chi connectivity index (χ1) is 8.13. The lowest BCUT2D eigenvalue weighted by atomic mass is 9.84. The Morgan fingerprint density at radius 3 is 2.94 bits per heavy atom. The Morgan fingerprint density at radius 1 is 1.71 bits per heavy atom. The van der Waals surface area contributed by atoms with Gasteiger partial charge in [-0.05, 0) is 25.2 Å². The largest absolute Gasteiger partial charge is 0.382 e. The molecule has 2 rings (SSSR count). The Labute approximate surface area is 105 Å². The predicted molar refractivity (Wildman–Crippen MR) is 69.7 cm³/mol. The summed E-state index contributed by atoms with van der Waals surface area (Å²) in [5.41, 5.74) is 5.48. The molecule has 1 saturated carbocycles. The number of nitrogens with one attached hydrogen (secondary N) is 1. The fourth-order valence-electron chi connectivity index (χ4n) is 1.95.